The molecule has 2 N–H and O–H groups in total. The lowest BCUT2D eigenvalue weighted by atomic mass is 10.1. The SMILES string of the molecule is CCCCN1CCN(c2ccc(N/C=C3/C(=O)Nc4ccc(F)cc43)cc2C)CC1. The van der Waals surface area contributed by atoms with Crippen molar-refractivity contribution in [3.8, 4) is 0 Å². The van der Waals surface area contributed by atoms with Gasteiger partial charge in [0.25, 0.3) is 5.91 Å². The number of aryl methyl sites for hydroxylation is 1. The molecule has 6 heteroatoms. The fraction of sp³-hybridized carbons (Fsp3) is 0.375. The lowest BCUT2D eigenvalue weighted by Gasteiger charge is -2.37. The Morgan fingerprint density at radius 3 is 2.67 bits per heavy atom. The minimum absolute atomic E-state index is 0.225. The molecule has 158 valence electrons. The van der Waals surface area contributed by atoms with E-state index in [1.807, 2.05) is 6.07 Å². The van der Waals surface area contributed by atoms with Gasteiger partial charge in [0, 0.05) is 55.0 Å². The van der Waals surface area contributed by atoms with E-state index in [9.17, 15) is 9.18 Å². The molecule has 0 bridgehead atoms. The number of anilines is 3. The number of rotatable bonds is 6. The van der Waals surface area contributed by atoms with Gasteiger partial charge < -0.3 is 15.5 Å². The van der Waals surface area contributed by atoms with Gasteiger partial charge in [-0.3, -0.25) is 9.69 Å². The Balaban J connectivity index is 1.43. The van der Waals surface area contributed by atoms with Crippen LogP contribution in [0.25, 0.3) is 5.57 Å². The van der Waals surface area contributed by atoms with Crippen LogP contribution in [-0.4, -0.2) is 43.5 Å². The minimum atomic E-state index is -0.355. The van der Waals surface area contributed by atoms with Gasteiger partial charge in [-0.05, 0) is 61.9 Å². The van der Waals surface area contributed by atoms with Crippen LogP contribution in [0.15, 0.2) is 42.6 Å². The zero-order valence-electron chi connectivity index (χ0n) is 17.7. The second-order valence-electron chi connectivity index (χ2n) is 8.03. The Bertz CT molecular complexity index is 964. The number of carbonyl (C=O) groups excluding carboxylic acids is 1. The number of halogens is 1. The van der Waals surface area contributed by atoms with Crippen LogP contribution in [0.1, 0.15) is 30.9 Å². The summed E-state index contributed by atoms with van der Waals surface area (Å²) in [6.07, 6.45) is 4.16. The monoisotopic (exact) mass is 408 g/mol. The van der Waals surface area contributed by atoms with Gasteiger partial charge in [0.2, 0.25) is 0 Å². The van der Waals surface area contributed by atoms with Crippen LogP contribution in [0, 0.1) is 12.7 Å². The fourth-order valence-corrected chi connectivity index (χ4v) is 4.15. The average molecular weight is 409 g/mol. The molecule has 5 nitrogen and oxygen atoms in total. The van der Waals surface area contributed by atoms with E-state index in [2.05, 4.69) is 46.4 Å². The summed E-state index contributed by atoms with van der Waals surface area (Å²) in [5, 5.41) is 5.97. The molecule has 2 aliphatic rings. The van der Waals surface area contributed by atoms with E-state index in [4.69, 9.17) is 0 Å². The van der Waals surface area contributed by atoms with Crippen LogP contribution >= 0.6 is 0 Å². The van der Waals surface area contributed by atoms with Crippen LogP contribution in [0.5, 0.6) is 0 Å². The average Bonchev–Trinajstić information content (AvgIpc) is 3.05. The smallest absolute Gasteiger partial charge is 0.257 e. The minimum Gasteiger partial charge on any atom is -0.369 e. The maximum atomic E-state index is 13.6. The third-order valence-corrected chi connectivity index (χ3v) is 5.89. The van der Waals surface area contributed by atoms with Crippen LogP contribution in [0.2, 0.25) is 0 Å². The van der Waals surface area contributed by atoms with Gasteiger partial charge in [0.15, 0.2) is 0 Å². The summed E-state index contributed by atoms with van der Waals surface area (Å²) in [5.41, 5.74) is 5.02. The van der Waals surface area contributed by atoms with Crippen molar-refractivity contribution in [2.45, 2.75) is 26.7 Å². The molecular weight excluding hydrogens is 379 g/mol. The van der Waals surface area contributed by atoms with Gasteiger partial charge in [-0.1, -0.05) is 13.3 Å². The maximum Gasteiger partial charge on any atom is 0.257 e. The first-order valence-corrected chi connectivity index (χ1v) is 10.7. The van der Waals surface area contributed by atoms with Gasteiger partial charge >= 0.3 is 0 Å². The van der Waals surface area contributed by atoms with E-state index in [-0.39, 0.29) is 11.7 Å². The molecule has 0 aromatic heterocycles. The van der Waals surface area contributed by atoms with Crippen molar-refractivity contribution in [3.63, 3.8) is 0 Å². The van der Waals surface area contributed by atoms with E-state index >= 15 is 0 Å². The van der Waals surface area contributed by atoms with Gasteiger partial charge in [-0.25, -0.2) is 4.39 Å². The molecule has 2 aliphatic heterocycles. The molecule has 1 saturated heterocycles. The first kappa shape index (κ1) is 20.4. The molecule has 2 heterocycles. The predicted octanol–water partition coefficient (Wildman–Crippen LogP) is 4.46. The van der Waals surface area contributed by atoms with Crippen LogP contribution < -0.4 is 15.5 Å². The highest BCUT2D eigenvalue weighted by molar-refractivity contribution is 6.31. The molecule has 0 spiro atoms. The summed E-state index contributed by atoms with van der Waals surface area (Å²) in [4.78, 5) is 17.2. The zero-order chi connectivity index (χ0) is 21.1. The third-order valence-electron chi connectivity index (χ3n) is 5.89. The van der Waals surface area contributed by atoms with E-state index in [1.54, 1.807) is 12.3 Å². The van der Waals surface area contributed by atoms with Gasteiger partial charge in [0.05, 0.1) is 5.57 Å². The summed E-state index contributed by atoms with van der Waals surface area (Å²) < 4.78 is 13.6. The fourth-order valence-electron chi connectivity index (χ4n) is 4.15. The predicted molar refractivity (Wildman–Crippen MR) is 121 cm³/mol. The summed E-state index contributed by atoms with van der Waals surface area (Å²) in [6.45, 7) is 9.86. The van der Waals surface area contributed by atoms with Gasteiger partial charge in [-0.2, -0.15) is 0 Å². The summed E-state index contributed by atoms with van der Waals surface area (Å²) in [6, 6.07) is 10.6. The molecule has 0 saturated carbocycles. The molecule has 0 atom stereocenters. The standard InChI is InChI=1S/C24H29FN4O/c1-3-4-9-28-10-12-29(13-11-28)23-8-6-19(14-17(23)2)26-16-21-20-15-18(25)5-7-22(20)27-24(21)30/h5-8,14-16,26H,3-4,9-13H2,1-2H3,(H,27,30)/b21-16+. The van der Waals surface area contributed by atoms with Crippen molar-refractivity contribution in [1.82, 2.24) is 4.90 Å². The highest BCUT2D eigenvalue weighted by Gasteiger charge is 2.24. The van der Waals surface area contributed by atoms with E-state index in [0.717, 1.165) is 31.9 Å². The number of unbranched alkanes of at least 4 members (excludes halogenated alkanes) is 1. The Kier molecular flexibility index (Phi) is 6.04. The molecule has 0 unspecified atom stereocenters. The molecule has 4 rings (SSSR count). The van der Waals surface area contributed by atoms with Gasteiger partial charge in [0.1, 0.15) is 5.82 Å². The summed E-state index contributed by atoms with van der Waals surface area (Å²) >= 11 is 0. The third kappa shape index (κ3) is 4.33. The largest absolute Gasteiger partial charge is 0.369 e. The Morgan fingerprint density at radius 2 is 1.93 bits per heavy atom. The summed E-state index contributed by atoms with van der Waals surface area (Å²) in [5.74, 6) is -0.580. The van der Waals surface area contributed by atoms with Crippen molar-refractivity contribution in [3.05, 3.63) is 59.5 Å². The summed E-state index contributed by atoms with van der Waals surface area (Å²) in [7, 11) is 0. The van der Waals surface area contributed by atoms with Crippen LogP contribution in [-0.2, 0) is 4.79 Å². The lowest BCUT2D eigenvalue weighted by Crippen LogP contribution is -2.46. The first-order chi connectivity index (χ1) is 14.5. The van der Waals surface area contributed by atoms with Gasteiger partial charge in [-0.15, -0.1) is 0 Å². The van der Waals surface area contributed by atoms with Crippen molar-refractivity contribution in [2.75, 3.05) is 48.3 Å². The van der Waals surface area contributed by atoms with E-state index < -0.39 is 0 Å². The molecular formula is C24H29FN4O. The van der Waals surface area contributed by atoms with E-state index in [0.29, 0.717) is 16.8 Å². The maximum absolute atomic E-state index is 13.6. The highest BCUT2D eigenvalue weighted by atomic mass is 19.1. The van der Waals surface area contributed by atoms with Crippen LogP contribution in [0.3, 0.4) is 0 Å². The molecule has 1 amide bonds. The Morgan fingerprint density at radius 1 is 1.13 bits per heavy atom. The number of piperazine rings is 1. The highest BCUT2D eigenvalue weighted by Crippen LogP contribution is 2.32. The first-order valence-electron chi connectivity index (χ1n) is 10.7. The van der Waals surface area contributed by atoms with Crippen molar-refractivity contribution < 1.29 is 9.18 Å². The molecule has 0 radical (unpaired) electrons. The molecule has 0 aliphatic carbocycles. The molecule has 2 aromatic rings. The number of carbonyl (C=O) groups is 1. The Labute approximate surface area is 177 Å². The number of fused-ring (bicyclic) bond motifs is 1. The van der Waals surface area contributed by atoms with Crippen molar-refractivity contribution >= 4 is 28.5 Å². The number of hydrogen-bond acceptors (Lipinski definition) is 4. The molecule has 1 fully saturated rings. The number of amides is 1. The number of nitrogens with zero attached hydrogens (tertiary/aromatic N) is 2. The van der Waals surface area contributed by atoms with E-state index in [1.165, 1.54) is 42.8 Å². The Hall–Kier alpha value is -2.86. The lowest BCUT2D eigenvalue weighted by molar-refractivity contribution is -0.110. The molecule has 2 aromatic carbocycles. The van der Waals surface area contributed by atoms with Crippen LogP contribution in [0.4, 0.5) is 21.5 Å². The number of benzene rings is 2. The molecule has 30 heavy (non-hydrogen) atoms. The number of hydrogen-bond donors (Lipinski definition) is 2. The van der Waals surface area contributed by atoms with Crippen molar-refractivity contribution in [2.24, 2.45) is 0 Å². The van der Waals surface area contributed by atoms with Crippen molar-refractivity contribution in [1.29, 1.82) is 0 Å². The second-order valence-corrected chi connectivity index (χ2v) is 8.03. The number of nitrogens with one attached hydrogen (secondary N) is 2. The zero-order valence-corrected chi connectivity index (χ0v) is 17.7. The normalized spacial score (nSPS) is 17.9. The quantitative estimate of drug-likeness (QED) is 0.693. The second kappa shape index (κ2) is 8.88. The topological polar surface area (TPSA) is 47.6 Å².